The van der Waals surface area contributed by atoms with Crippen LogP contribution in [-0.4, -0.2) is 10.7 Å². The lowest BCUT2D eigenvalue weighted by Gasteiger charge is -1.97. The monoisotopic (exact) mass is 149 g/mol. The summed E-state index contributed by atoms with van der Waals surface area (Å²) in [4.78, 5) is 0. The summed E-state index contributed by atoms with van der Waals surface area (Å²) in [5, 5.41) is 0. The van der Waals surface area contributed by atoms with E-state index in [1.807, 2.05) is 0 Å². The van der Waals surface area contributed by atoms with Gasteiger partial charge in [-0.1, -0.05) is 0 Å². The minimum Gasteiger partial charge on any atom is -0.478 e. The van der Waals surface area contributed by atoms with E-state index in [0.717, 1.165) is 0 Å². The third kappa shape index (κ3) is 0.653. The van der Waals surface area contributed by atoms with Crippen LogP contribution in [0, 0.1) is 0 Å². The van der Waals surface area contributed by atoms with Gasteiger partial charge in [0.1, 0.15) is 6.26 Å². The Balaban J connectivity index is 2.38. The average Bonchev–Trinajstić information content (AvgIpc) is 1.86. The highest BCUT2D eigenvalue weighted by molar-refractivity contribution is 9.07. The Morgan fingerprint density at radius 3 is 2.83 bits per heavy atom. The number of halogens is 1. The molecule has 34 valence electrons. The van der Waals surface area contributed by atoms with Crippen molar-refractivity contribution >= 4 is 16.1 Å². The molecule has 0 spiro atoms. The van der Waals surface area contributed by atoms with Gasteiger partial charge in [0.05, 0.1) is 16.1 Å². The molecule has 6 heavy (non-hydrogen) atoms. The second-order valence-electron chi connectivity index (χ2n) is 0.981. The van der Waals surface area contributed by atoms with Gasteiger partial charge < -0.3 is 4.74 Å². The summed E-state index contributed by atoms with van der Waals surface area (Å²) in [5.74, 6) is 0. The van der Waals surface area contributed by atoms with Crippen LogP contribution in [0.25, 0.3) is 0 Å². The molecule has 1 heterocycles. The first kappa shape index (κ1) is 3.99. The Bertz CT molecular complexity index is 73.2. The zero-order chi connectivity index (χ0) is 4.41. The predicted molar refractivity (Wildman–Crippen MR) is 25.9 cm³/mol. The van der Waals surface area contributed by atoms with Crippen molar-refractivity contribution in [2.24, 2.45) is 0 Å². The van der Waals surface area contributed by atoms with Crippen LogP contribution in [0.2, 0.25) is 0 Å². The minimum absolute atomic E-state index is 0.625. The van der Waals surface area contributed by atoms with E-state index < -0.39 is 0 Å². The van der Waals surface area contributed by atoms with E-state index in [4.69, 9.17) is 4.74 Å². The molecule has 0 aromatic heterocycles. The Labute approximate surface area is 44.7 Å². The Kier molecular flexibility index (Phi) is 1.01. The van der Waals surface area contributed by atoms with Crippen LogP contribution in [0.3, 0.4) is 0 Å². The van der Waals surface area contributed by atoms with Crippen LogP contribution in [0.1, 0.15) is 0 Å². The van der Waals surface area contributed by atoms with E-state index in [1.165, 1.54) is 0 Å². The second kappa shape index (κ2) is 1.51. The largest absolute Gasteiger partial charge is 0.478 e. The van der Waals surface area contributed by atoms with Crippen molar-refractivity contribution in [2.45, 2.75) is 0 Å². The smallest absolute Gasteiger partial charge is 0.169 e. The summed E-state index contributed by atoms with van der Waals surface area (Å²) in [7, 11) is 0. The lowest BCUT2D eigenvalue weighted by molar-refractivity contribution is 0.231. The fourth-order valence-electron chi connectivity index (χ4n) is 0.266. The van der Waals surface area contributed by atoms with Gasteiger partial charge >= 0.3 is 0 Å². The van der Waals surface area contributed by atoms with Gasteiger partial charge in [-0.2, -0.15) is 0 Å². The Morgan fingerprint density at radius 1 is 1.83 bits per heavy atom. The number of hydrogen-bond donors (Lipinski definition) is 0. The maximum absolute atomic E-state index is 4.76. The third-order valence-electron chi connectivity index (χ3n) is 0.517. The normalized spacial score (nSPS) is 18.5. The minimum atomic E-state index is 0.625. The van der Waals surface area contributed by atoms with Crippen LogP contribution < -0.4 is 0 Å². The highest BCUT2D eigenvalue weighted by atomic mass is 79.9. The standard InChI is InChI=1S/C3H4BrNO/c4-5-1-2-6-3-5/h1-2H,3H2. The van der Waals surface area contributed by atoms with E-state index in [2.05, 4.69) is 16.1 Å². The summed E-state index contributed by atoms with van der Waals surface area (Å²) in [6, 6.07) is 0. The van der Waals surface area contributed by atoms with Crippen molar-refractivity contribution < 1.29 is 4.74 Å². The molecule has 0 atom stereocenters. The SMILES string of the molecule is BrN1C=COC1. The van der Waals surface area contributed by atoms with Crippen molar-refractivity contribution in [1.82, 2.24) is 3.93 Å². The number of rotatable bonds is 0. The maximum Gasteiger partial charge on any atom is 0.169 e. The molecule has 0 saturated heterocycles. The molecule has 1 rings (SSSR count). The summed E-state index contributed by atoms with van der Waals surface area (Å²) in [5.41, 5.74) is 0. The first-order chi connectivity index (χ1) is 2.89. The highest BCUT2D eigenvalue weighted by Crippen LogP contribution is 2.04. The number of nitrogens with zero attached hydrogens (tertiary/aromatic N) is 1. The molecular weight excluding hydrogens is 146 g/mol. The van der Waals surface area contributed by atoms with Crippen LogP contribution >= 0.6 is 16.1 Å². The van der Waals surface area contributed by atoms with Crippen LogP contribution in [0.15, 0.2) is 12.5 Å². The van der Waals surface area contributed by atoms with Gasteiger partial charge in [0.15, 0.2) is 6.73 Å². The molecule has 0 aromatic carbocycles. The van der Waals surface area contributed by atoms with E-state index in [1.54, 1.807) is 16.4 Å². The fraction of sp³-hybridized carbons (Fsp3) is 0.333. The molecule has 0 N–H and O–H groups in total. The summed E-state index contributed by atoms with van der Waals surface area (Å²) in [6.45, 7) is 0.625. The van der Waals surface area contributed by atoms with Crippen LogP contribution in [-0.2, 0) is 4.74 Å². The molecular formula is C3H4BrNO. The van der Waals surface area contributed by atoms with Crippen molar-refractivity contribution in [1.29, 1.82) is 0 Å². The van der Waals surface area contributed by atoms with Crippen molar-refractivity contribution in [3.05, 3.63) is 12.5 Å². The molecule has 0 radical (unpaired) electrons. The highest BCUT2D eigenvalue weighted by Gasteiger charge is 1.95. The molecule has 3 heteroatoms. The van der Waals surface area contributed by atoms with E-state index in [-0.39, 0.29) is 0 Å². The first-order valence-electron chi connectivity index (χ1n) is 1.60. The maximum atomic E-state index is 4.76. The molecule has 0 saturated carbocycles. The lowest BCUT2D eigenvalue weighted by Crippen LogP contribution is -1.96. The van der Waals surface area contributed by atoms with E-state index in [0.29, 0.717) is 6.73 Å². The third-order valence-corrected chi connectivity index (χ3v) is 0.958. The summed E-state index contributed by atoms with van der Waals surface area (Å²) < 4.78 is 6.53. The van der Waals surface area contributed by atoms with Gasteiger partial charge in [-0.15, -0.1) is 0 Å². The molecule has 0 amide bonds. The molecule has 0 aromatic rings. The first-order valence-corrected chi connectivity index (χ1v) is 2.31. The molecule has 2 nitrogen and oxygen atoms in total. The zero-order valence-corrected chi connectivity index (χ0v) is 4.68. The number of ether oxygens (including phenoxy) is 1. The Hall–Kier alpha value is -0.180. The summed E-state index contributed by atoms with van der Waals surface area (Å²) in [6.07, 6.45) is 3.44. The molecule has 1 aliphatic rings. The topological polar surface area (TPSA) is 12.5 Å². The number of hydrogen-bond acceptors (Lipinski definition) is 2. The zero-order valence-electron chi connectivity index (χ0n) is 3.10. The molecule has 0 fully saturated rings. The van der Waals surface area contributed by atoms with Gasteiger partial charge in [-0.3, -0.25) is 3.93 Å². The lowest BCUT2D eigenvalue weighted by atomic mass is 11.0. The molecule has 0 bridgehead atoms. The van der Waals surface area contributed by atoms with E-state index >= 15 is 0 Å². The average molecular weight is 150 g/mol. The van der Waals surface area contributed by atoms with Crippen LogP contribution in [0.4, 0.5) is 0 Å². The van der Waals surface area contributed by atoms with Crippen molar-refractivity contribution in [2.75, 3.05) is 6.73 Å². The van der Waals surface area contributed by atoms with Gasteiger partial charge in [-0.05, 0) is 0 Å². The predicted octanol–water partition coefficient (Wildman–Crippen LogP) is 1.06. The second-order valence-corrected chi connectivity index (χ2v) is 1.89. The molecule has 0 aliphatic carbocycles. The fourth-order valence-corrected chi connectivity index (χ4v) is 0.481. The van der Waals surface area contributed by atoms with E-state index in [9.17, 15) is 0 Å². The van der Waals surface area contributed by atoms with Gasteiger partial charge in [0, 0.05) is 6.20 Å². The van der Waals surface area contributed by atoms with Gasteiger partial charge in [0.25, 0.3) is 0 Å². The summed E-state index contributed by atoms with van der Waals surface area (Å²) >= 11 is 3.16. The van der Waals surface area contributed by atoms with Crippen molar-refractivity contribution in [3.63, 3.8) is 0 Å². The Morgan fingerprint density at radius 2 is 2.67 bits per heavy atom. The van der Waals surface area contributed by atoms with Crippen LogP contribution in [0.5, 0.6) is 0 Å². The van der Waals surface area contributed by atoms with Gasteiger partial charge in [-0.25, -0.2) is 0 Å². The van der Waals surface area contributed by atoms with Crippen molar-refractivity contribution in [3.8, 4) is 0 Å². The molecule has 1 aliphatic heterocycles. The quantitative estimate of drug-likeness (QED) is 0.478. The van der Waals surface area contributed by atoms with Gasteiger partial charge in [0.2, 0.25) is 0 Å². The molecule has 0 unspecified atom stereocenters.